The first-order chi connectivity index (χ1) is 11.7. The molecule has 2 heterocycles. The first-order valence-electron chi connectivity index (χ1n) is 7.54. The number of pyridine rings is 1. The zero-order chi connectivity index (χ0) is 16.5. The Morgan fingerprint density at radius 3 is 2.67 bits per heavy atom. The van der Waals surface area contributed by atoms with Crippen LogP contribution in [0.2, 0.25) is 0 Å². The topological polar surface area (TPSA) is 61.8 Å². The van der Waals surface area contributed by atoms with Crippen molar-refractivity contribution < 1.29 is 9.50 Å². The summed E-state index contributed by atoms with van der Waals surface area (Å²) >= 11 is 0. The van der Waals surface area contributed by atoms with Gasteiger partial charge in [-0.3, -0.25) is 4.98 Å². The van der Waals surface area contributed by atoms with Gasteiger partial charge >= 0.3 is 0 Å². The van der Waals surface area contributed by atoms with Crippen LogP contribution in [0.15, 0.2) is 67.3 Å². The SMILES string of the molecule is Oc1cc(C(c2ccccc2)c2cnc[nH]2)c2c(F)ccnc2c1. The summed E-state index contributed by atoms with van der Waals surface area (Å²) in [5.74, 6) is -0.603. The molecule has 1 atom stereocenters. The molecule has 0 saturated heterocycles. The Balaban J connectivity index is 2.05. The van der Waals surface area contributed by atoms with Gasteiger partial charge in [0.25, 0.3) is 0 Å². The Kier molecular flexibility index (Phi) is 3.46. The minimum absolute atomic E-state index is 0.0519. The van der Waals surface area contributed by atoms with Gasteiger partial charge in [-0.1, -0.05) is 30.3 Å². The zero-order valence-electron chi connectivity index (χ0n) is 12.6. The predicted molar refractivity (Wildman–Crippen MR) is 89.3 cm³/mol. The van der Waals surface area contributed by atoms with E-state index in [0.29, 0.717) is 16.5 Å². The number of nitrogens with one attached hydrogen (secondary N) is 1. The van der Waals surface area contributed by atoms with Crippen molar-refractivity contribution in [2.24, 2.45) is 0 Å². The lowest BCUT2D eigenvalue weighted by atomic mass is 9.86. The lowest BCUT2D eigenvalue weighted by Gasteiger charge is -2.19. The van der Waals surface area contributed by atoms with Gasteiger partial charge in [0, 0.05) is 29.5 Å². The number of aromatic nitrogens is 3. The molecule has 4 aromatic rings. The highest BCUT2D eigenvalue weighted by molar-refractivity contribution is 5.85. The molecule has 0 aliphatic carbocycles. The molecule has 0 saturated carbocycles. The van der Waals surface area contributed by atoms with Crippen LogP contribution in [0.25, 0.3) is 10.9 Å². The molecule has 0 amide bonds. The number of benzene rings is 2. The summed E-state index contributed by atoms with van der Waals surface area (Å²) in [7, 11) is 0. The number of fused-ring (bicyclic) bond motifs is 1. The van der Waals surface area contributed by atoms with Crippen molar-refractivity contribution in [3.05, 3.63) is 89.9 Å². The van der Waals surface area contributed by atoms with Crippen LogP contribution in [0, 0.1) is 5.82 Å². The Morgan fingerprint density at radius 2 is 1.92 bits per heavy atom. The maximum atomic E-state index is 14.5. The molecule has 4 nitrogen and oxygen atoms in total. The monoisotopic (exact) mass is 319 g/mol. The molecule has 0 aliphatic heterocycles. The average molecular weight is 319 g/mol. The van der Waals surface area contributed by atoms with Crippen molar-refractivity contribution in [1.82, 2.24) is 15.0 Å². The number of halogens is 1. The van der Waals surface area contributed by atoms with Crippen LogP contribution in [0.3, 0.4) is 0 Å². The number of hydrogen-bond donors (Lipinski definition) is 2. The Morgan fingerprint density at radius 1 is 1.08 bits per heavy atom. The van der Waals surface area contributed by atoms with Gasteiger partial charge in [-0.2, -0.15) is 0 Å². The summed E-state index contributed by atoms with van der Waals surface area (Å²) in [6, 6.07) is 14.1. The Labute approximate surface area is 137 Å². The molecule has 0 spiro atoms. The van der Waals surface area contributed by atoms with Crippen LogP contribution >= 0.6 is 0 Å². The summed E-state index contributed by atoms with van der Waals surface area (Å²) in [6.07, 6.45) is 4.70. The van der Waals surface area contributed by atoms with Crippen molar-refractivity contribution in [2.45, 2.75) is 5.92 Å². The second-order valence-corrected chi connectivity index (χ2v) is 5.57. The zero-order valence-corrected chi connectivity index (χ0v) is 12.6. The Hall–Kier alpha value is -3.21. The maximum absolute atomic E-state index is 14.5. The van der Waals surface area contributed by atoms with Crippen molar-refractivity contribution >= 4 is 10.9 Å². The van der Waals surface area contributed by atoms with Gasteiger partial charge in [-0.25, -0.2) is 9.37 Å². The van der Waals surface area contributed by atoms with E-state index in [2.05, 4.69) is 15.0 Å². The fourth-order valence-electron chi connectivity index (χ4n) is 3.09. The minimum atomic E-state index is -0.365. The van der Waals surface area contributed by atoms with E-state index in [9.17, 15) is 9.50 Å². The summed E-state index contributed by atoms with van der Waals surface area (Å²) < 4.78 is 14.5. The standard InChI is InChI=1S/C19H14FN3O/c20-15-6-7-22-16-9-13(24)8-14(19(15)16)18(17-10-21-11-23-17)12-4-2-1-3-5-12/h1-11,18,24H,(H,21,23). The van der Waals surface area contributed by atoms with E-state index >= 15 is 0 Å². The summed E-state index contributed by atoms with van der Waals surface area (Å²) in [5, 5.41) is 10.5. The van der Waals surface area contributed by atoms with Gasteiger partial charge in [-0.15, -0.1) is 0 Å². The fraction of sp³-hybridized carbons (Fsp3) is 0.0526. The molecular formula is C19H14FN3O. The number of imidazole rings is 1. The molecule has 2 aromatic heterocycles. The predicted octanol–water partition coefficient (Wildman–Crippen LogP) is 3.98. The molecule has 4 rings (SSSR count). The molecule has 0 radical (unpaired) electrons. The van der Waals surface area contributed by atoms with Crippen LogP contribution in [0.4, 0.5) is 4.39 Å². The number of phenols is 1. The third-order valence-electron chi connectivity index (χ3n) is 4.08. The highest BCUT2D eigenvalue weighted by Gasteiger charge is 2.23. The molecule has 1 unspecified atom stereocenters. The molecule has 5 heteroatoms. The molecule has 0 bridgehead atoms. The fourth-order valence-corrected chi connectivity index (χ4v) is 3.09. The van der Waals surface area contributed by atoms with Crippen molar-refractivity contribution in [1.29, 1.82) is 0 Å². The number of hydrogen-bond acceptors (Lipinski definition) is 3. The molecule has 2 aromatic carbocycles. The highest BCUT2D eigenvalue weighted by atomic mass is 19.1. The van der Waals surface area contributed by atoms with Crippen molar-refractivity contribution in [3.8, 4) is 5.75 Å². The van der Waals surface area contributed by atoms with Crippen molar-refractivity contribution in [3.63, 3.8) is 0 Å². The summed E-state index contributed by atoms with van der Waals surface area (Å²) in [5.41, 5.74) is 2.85. The average Bonchev–Trinajstić information content (AvgIpc) is 3.10. The van der Waals surface area contributed by atoms with E-state index < -0.39 is 0 Å². The second-order valence-electron chi connectivity index (χ2n) is 5.57. The molecular weight excluding hydrogens is 305 g/mol. The molecule has 2 N–H and O–H groups in total. The van der Waals surface area contributed by atoms with E-state index in [4.69, 9.17) is 0 Å². The van der Waals surface area contributed by atoms with Crippen LogP contribution in [-0.4, -0.2) is 20.1 Å². The number of rotatable bonds is 3. The quantitative estimate of drug-likeness (QED) is 0.600. The van der Waals surface area contributed by atoms with E-state index in [-0.39, 0.29) is 17.5 Å². The summed E-state index contributed by atoms with van der Waals surface area (Å²) in [4.78, 5) is 11.4. The number of nitrogens with zero attached hydrogens (tertiary/aromatic N) is 2. The summed E-state index contributed by atoms with van der Waals surface area (Å²) in [6.45, 7) is 0. The highest BCUT2D eigenvalue weighted by Crippen LogP contribution is 2.37. The number of aromatic hydroxyl groups is 1. The van der Waals surface area contributed by atoms with E-state index in [1.54, 1.807) is 18.6 Å². The third kappa shape index (κ3) is 2.40. The molecule has 0 aliphatic rings. The number of H-pyrrole nitrogens is 1. The smallest absolute Gasteiger partial charge is 0.134 e. The lowest BCUT2D eigenvalue weighted by molar-refractivity contribution is 0.475. The van der Waals surface area contributed by atoms with Gasteiger partial charge in [0.2, 0.25) is 0 Å². The third-order valence-corrected chi connectivity index (χ3v) is 4.08. The largest absolute Gasteiger partial charge is 0.508 e. The van der Waals surface area contributed by atoms with Crippen LogP contribution in [0.1, 0.15) is 22.7 Å². The first-order valence-corrected chi connectivity index (χ1v) is 7.54. The van der Waals surface area contributed by atoms with Crippen molar-refractivity contribution in [2.75, 3.05) is 0 Å². The van der Waals surface area contributed by atoms with Gasteiger partial charge < -0.3 is 10.1 Å². The maximum Gasteiger partial charge on any atom is 0.134 e. The lowest BCUT2D eigenvalue weighted by Crippen LogP contribution is -2.06. The van der Waals surface area contributed by atoms with E-state index in [0.717, 1.165) is 11.3 Å². The Bertz CT molecular complexity index is 984. The van der Waals surface area contributed by atoms with Gasteiger partial charge in [-0.05, 0) is 23.3 Å². The van der Waals surface area contributed by atoms with Crippen LogP contribution < -0.4 is 0 Å². The number of phenolic OH excluding ortho intramolecular Hbond substituents is 1. The van der Waals surface area contributed by atoms with Gasteiger partial charge in [0.05, 0.1) is 17.8 Å². The minimum Gasteiger partial charge on any atom is -0.508 e. The van der Waals surface area contributed by atoms with E-state index in [1.807, 2.05) is 30.3 Å². The van der Waals surface area contributed by atoms with Gasteiger partial charge in [0.1, 0.15) is 11.6 Å². The first kappa shape index (κ1) is 14.4. The molecule has 24 heavy (non-hydrogen) atoms. The van der Waals surface area contributed by atoms with Crippen LogP contribution in [-0.2, 0) is 0 Å². The van der Waals surface area contributed by atoms with Gasteiger partial charge in [0.15, 0.2) is 0 Å². The molecule has 0 fully saturated rings. The normalized spacial score (nSPS) is 12.4. The van der Waals surface area contributed by atoms with Crippen LogP contribution in [0.5, 0.6) is 5.75 Å². The second kappa shape index (κ2) is 5.77. The van der Waals surface area contributed by atoms with E-state index in [1.165, 1.54) is 18.3 Å². The molecule has 118 valence electrons. The number of aromatic amines is 1.